The summed E-state index contributed by atoms with van der Waals surface area (Å²) in [4.78, 5) is 12.2. The number of aromatic nitrogens is 2. The van der Waals surface area contributed by atoms with E-state index < -0.39 is 0 Å². The Bertz CT molecular complexity index is 594. The van der Waals surface area contributed by atoms with E-state index in [1.165, 1.54) is 0 Å². The highest BCUT2D eigenvalue weighted by Gasteiger charge is 2.20. The second-order valence-corrected chi connectivity index (χ2v) is 5.34. The van der Waals surface area contributed by atoms with Gasteiger partial charge in [-0.2, -0.15) is 5.10 Å². The summed E-state index contributed by atoms with van der Waals surface area (Å²) in [5.41, 5.74) is 1.33. The number of nitrogens with one attached hydrogen (secondary N) is 3. The SMILES string of the molecule is Cl.O=C(NC1CCNC1)c1n[nH]c2ccc(Br)cc12. The molecular weight excluding hydrogens is 332 g/mol. The first-order valence-corrected chi connectivity index (χ1v) is 6.68. The lowest BCUT2D eigenvalue weighted by Crippen LogP contribution is -2.36. The van der Waals surface area contributed by atoms with Gasteiger partial charge in [0.1, 0.15) is 0 Å². The Balaban J connectivity index is 0.00000133. The number of rotatable bonds is 2. The molecule has 1 unspecified atom stereocenters. The van der Waals surface area contributed by atoms with Crippen molar-refractivity contribution in [2.75, 3.05) is 13.1 Å². The molecule has 7 heteroatoms. The molecule has 5 nitrogen and oxygen atoms in total. The molecule has 0 radical (unpaired) electrons. The molecule has 1 aromatic carbocycles. The first-order valence-electron chi connectivity index (χ1n) is 5.89. The van der Waals surface area contributed by atoms with E-state index in [2.05, 4.69) is 36.8 Å². The number of hydrogen-bond acceptors (Lipinski definition) is 3. The summed E-state index contributed by atoms with van der Waals surface area (Å²) in [5.74, 6) is -0.118. The van der Waals surface area contributed by atoms with E-state index >= 15 is 0 Å². The van der Waals surface area contributed by atoms with Crippen LogP contribution in [-0.2, 0) is 0 Å². The topological polar surface area (TPSA) is 69.8 Å². The van der Waals surface area contributed by atoms with Crippen molar-refractivity contribution >= 4 is 45.1 Å². The monoisotopic (exact) mass is 344 g/mol. The highest BCUT2D eigenvalue weighted by Crippen LogP contribution is 2.21. The lowest BCUT2D eigenvalue weighted by molar-refractivity contribution is 0.0936. The quantitative estimate of drug-likeness (QED) is 0.778. The van der Waals surface area contributed by atoms with Gasteiger partial charge in [0.2, 0.25) is 0 Å². The average Bonchev–Trinajstić information content (AvgIpc) is 2.97. The number of carbonyl (C=O) groups excluding carboxylic acids is 1. The average molecular weight is 346 g/mol. The Morgan fingerprint density at radius 1 is 1.47 bits per heavy atom. The van der Waals surface area contributed by atoms with Crippen molar-refractivity contribution in [3.8, 4) is 0 Å². The van der Waals surface area contributed by atoms with Gasteiger partial charge in [-0.3, -0.25) is 9.89 Å². The van der Waals surface area contributed by atoms with Gasteiger partial charge in [-0.15, -0.1) is 12.4 Å². The van der Waals surface area contributed by atoms with Gasteiger partial charge in [-0.1, -0.05) is 15.9 Å². The number of benzene rings is 1. The second kappa shape index (κ2) is 5.90. The zero-order valence-electron chi connectivity index (χ0n) is 10.1. The predicted octanol–water partition coefficient (Wildman–Crippen LogP) is 1.84. The van der Waals surface area contributed by atoms with E-state index in [1.807, 2.05) is 18.2 Å². The molecule has 2 heterocycles. The number of carbonyl (C=O) groups is 1. The molecular formula is C12H14BrClN4O. The summed E-state index contributed by atoms with van der Waals surface area (Å²) in [6.07, 6.45) is 0.970. The van der Waals surface area contributed by atoms with Crippen LogP contribution in [0.2, 0.25) is 0 Å². The van der Waals surface area contributed by atoms with Crippen LogP contribution >= 0.6 is 28.3 Å². The molecule has 1 amide bonds. The maximum Gasteiger partial charge on any atom is 0.272 e. The van der Waals surface area contributed by atoms with Crippen molar-refractivity contribution in [1.29, 1.82) is 0 Å². The van der Waals surface area contributed by atoms with E-state index in [9.17, 15) is 4.79 Å². The molecule has 0 saturated carbocycles. The van der Waals surface area contributed by atoms with Crippen molar-refractivity contribution in [2.45, 2.75) is 12.5 Å². The maximum atomic E-state index is 12.2. The van der Waals surface area contributed by atoms with E-state index in [0.717, 1.165) is 34.9 Å². The third-order valence-corrected chi connectivity index (χ3v) is 3.63. The Morgan fingerprint density at radius 2 is 2.32 bits per heavy atom. The van der Waals surface area contributed by atoms with E-state index in [4.69, 9.17) is 0 Å². The first kappa shape index (κ1) is 14.3. The molecule has 1 aliphatic rings. The van der Waals surface area contributed by atoms with Crippen LogP contribution in [-0.4, -0.2) is 35.2 Å². The molecule has 0 bridgehead atoms. The largest absolute Gasteiger partial charge is 0.347 e. The molecule has 1 atom stereocenters. The lowest BCUT2D eigenvalue weighted by Gasteiger charge is -2.09. The summed E-state index contributed by atoms with van der Waals surface area (Å²) in [6, 6.07) is 5.93. The number of H-pyrrole nitrogens is 1. The molecule has 1 aromatic heterocycles. The van der Waals surface area contributed by atoms with Crippen LogP contribution in [0, 0.1) is 0 Å². The van der Waals surface area contributed by atoms with Crippen molar-refractivity contribution in [3.63, 3.8) is 0 Å². The third-order valence-electron chi connectivity index (χ3n) is 3.14. The molecule has 2 aromatic rings. The highest BCUT2D eigenvalue weighted by atomic mass is 79.9. The van der Waals surface area contributed by atoms with Crippen LogP contribution in [0.4, 0.5) is 0 Å². The third kappa shape index (κ3) is 2.91. The molecule has 3 rings (SSSR count). The summed E-state index contributed by atoms with van der Waals surface area (Å²) in [7, 11) is 0. The summed E-state index contributed by atoms with van der Waals surface area (Å²) < 4.78 is 0.938. The number of aromatic amines is 1. The molecule has 1 fully saturated rings. The fourth-order valence-corrected chi connectivity index (χ4v) is 2.55. The van der Waals surface area contributed by atoms with Crippen molar-refractivity contribution < 1.29 is 4.79 Å². The van der Waals surface area contributed by atoms with Gasteiger partial charge in [0.25, 0.3) is 5.91 Å². The van der Waals surface area contributed by atoms with Crippen LogP contribution in [0.1, 0.15) is 16.9 Å². The molecule has 0 spiro atoms. The molecule has 3 N–H and O–H groups in total. The van der Waals surface area contributed by atoms with Crippen LogP contribution in [0.25, 0.3) is 10.9 Å². The number of halogens is 2. The number of nitrogens with zero attached hydrogens (tertiary/aromatic N) is 1. The van der Waals surface area contributed by atoms with Gasteiger partial charge < -0.3 is 10.6 Å². The summed E-state index contributed by atoms with van der Waals surface area (Å²) in [5, 5.41) is 14.0. The van der Waals surface area contributed by atoms with Crippen molar-refractivity contribution in [2.24, 2.45) is 0 Å². The Morgan fingerprint density at radius 3 is 3.05 bits per heavy atom. The van der Waals surface area contributed by atoms with Crippen molar-refractivity contribution in [1.82, 2.24) is 20.8 Å². The summed E-state index contributed by atoms with van der Waals surface area (Å²) >= 11 is 3.41. The molecule has 19 heavy (non-hydrogen) atoms. The minimum absolute atomic E-state index is 0. The Labute approximate surface area is 125 Å². The molecule has 1 saturated heterocycles. The summed E-state index contributed by atoms with van der Waals surface area (Å²) in [6.45, 7) is 1.79. The normalized spacial score (nSPS) is 18.3. The van der Waals surface area contributed by atoms with Crippen LogP contribution in [0.5, 0.6) is 0 Å². The van der Waals surface area contributed by atoms with Gasteiger partial charge in [0, 0.05) is 22.4 Å². The Hall–Kier alpha value is -1.11. The fraction of sp³-hybridized carbons (Fsp3) is 0.333. The minimum Gasteiger partial charge on any atom is -0.347 e. The van der Waals surface area contributed by atoms with E-state index in [0.29, 0.717) is 5.69 Å². The smallest absolute Gasteiger partial charge is 0.272 e. The zero-order valence-corrected chi connectivity index (χ0v) is 12.5. The van der Waals surface area contributed by atoms with Gasteiger partial charge >= 0.3 is 0 Å². The highest BCUT2D eigenvalue weighted by molar-refractivity contribution is 9.10. The fourth-order valence-electron chi connectivity index (χ4n) is 2.19. The molecule has 0 aliphatic carbocycles. The van der Waals surface area contributed by atoms with E-state index in [-0.39, 0.29) is 24.4 Å². The standard InChI is InChI=1S/C12H13BrN4O.ClH/c13-7-1-2-10-9(5-7)11(17-16-10)12(18)15-8-3-4-14-6-8;/h1-2,5,8,14H,3-4,6H2,(H,15,18)(H,16,17);1H. The zero-order chi connectivity index (χ0) is 12.5. The maximum absolute atomic E-state index is 12.2. The second-order valence-electron chi connectivity index (χ2n) is 4.43. The minimum atomic E-state index is -0.118. The van der Waals surface area contributed by atoms with E-state index in [1.54, 1.807) is 0 Å². The number of hydrogen-bond donors (Lipinski definition) is 3. The van der Waals surface area contributed by atoms with Crippen LogP contribution < -0.4 is 10.6 Å². The molecule has 1 aliphatic heterocycles. The van der Waals surface area contributed by atoms with Crippen molar-refractivity contribution in [3.05, 3.63) is 28.4 Å². The van der Waals surface area contributed by atoms with Gasteiger partial charge in [-0.25, -0.2) is 0 Å². The lowest BCUT2D eigenvalue weighted by atomic mass is 10.2. The molecule has 102 valence electrons. The van der Waals surface area contributed by atoms with Gasteiger partial charge in [0.05, 0.1) is 5.52 Å². The van der Waals surface area contributed by atoms with Crippen LogP contribution in [0.15, 0.2) is 22.7 Å². The van der Waals surface area contributed by atoms with Gasteiger partial charge in [0.15, 0.2) is 5.69 Å². The Kier molecular flexibility index (Phi) is 4.44. The predicted molar refractivity (Wildman–Crippen MR) is 79.8 cm³/mol. The van der Waals surface area contributed by atoms with Crippen LogP contribution in [0.3, 0.4) is 0 Å². The first-order chi connectivity index (χ1) is 8.74. The number of fused-ring (bicyclic) bond motifs is 1. The van der Waals surface area contributed by atoms with Gasteiger partial charge in [-0.05, 0) is 31.2 Å². The number of amides is 1.